The molecule has 0 amide bonds. The van der Waals surface area contributed by atoms with E-state index >= 15 is 0 Å². The number of carbonyl (C=O) groups is 2. The van der Waals surface area contributed by atoms with Crippen molar-refractivity contribution in [3.63, 3.8) is 0 Å². The molecular formula is C2H2FLiO4. The topological polar surface area (TPSA) is 63.6 Å². The first kappa shape index (κ1) is 10.4. The Hall–Kier alpha value is -0.533. The fourth-order valence-electron chi connectivity index (χ4n) is 0.0330. The Kier molecular flexibility index (Phi) is 6.04. The number of hydrogen-bond acceptors (Lipinski definition) is 3. The monoisotopic (exact) mass is 116 g/mol. The van der Waals surface area contributed by atoms with E-state index in [1.54, 1.807) is 0 Å². The molecule has 42 valence electrons. The molecule has 0 rings (SSSR count). The summed E-state index contributed by atoms with van der Waals surface area (Å²) in [5, 5.41) is 7.47. The van der Waals surface area contributed by atoms with E-state index < -0.39 is 11.9 Å². The fourth-order valence-corrected chi connectivity index (χ4v) is 0.0330. The first-order valence-corrected chi connectivity index (χ1v) is 1.24. The minimum atomic E-state index is -1.94. The molecule has 0 unspecified atom stereocenters. The minimum Gasteiger partial charge on any atom is -1.00 e. The van der Waals surface area contributed by atoms with Gasteiger partial charge in [0, 0.05) is 4.53 Å². The largest absolute Gasteiger partial charge is 1.00 e. The summed E-state index contributed by atoms with van der Waals surface area (Å²) in [5.41, 5.74) is 0. The van der Waals surface area contributed by atoms with E-state index in [2.05, 4.69) is 4.94 Å². The molecule has 0 aliphatic heterocycles. The molecule has 0 aromatic carbocycles. The molecular weight excluding hydrogens is 114 g/mol. The number of halogens is 1. The van der Waals surface area contributed by atoms with Crippen LogP contribution in [0.5, 0.6) is 0 Å². The molecule has 0 aliphatic rings. The molecule has 0 bridgehead atoms. The summed E-state index contributed by atoms with van der Waals surface area (Å²) in [6.45, 7) is 0. The Morgan fingerprint density at radius 2 is 2.00 bits per heavy atom. The SMILES string of the molecule is O=C(O)C(=O)OF.[H-].[Li+]. The van der Waals surface area contributed by atoms with E-state index in [-0.39, 0.29) is 20.3 Å². The van der Waals surface area contributed by atoms with Crippen molar-refractivity contribution in [3.8, 4) is 0 Å². The molecule has 0 radical (unpaired) electrons. The van der Waals surface area contributed by atoms with Crippen LogP contribution in [0.25, 0.3) is 0 Å². The molecule has 0 aromatic rings. The Bertz CT molecular complexity index is 107. The first-order valence-electron chi connectivity index (χ1n) is 1.24. The minimum absolute atomic E-state index is 0. The first-order chi connectivity index (χ1) is 3.18. The predicted molar refractivity (Wildman–Crippen MR) is 15.9 cm³/mol. The van der Waals surface area contributed by atoms with E-state index in [9.17, 15) is 14.1 Å². The summed E-state index contributed by atoms with van der Waals surface area (Å²) in [4.78, 5) is 20.8. The van der Waals surface area contributed by atoms with Gasteiger partial charge in [0.2, 0.25) is 0 Å². The van der Waals surface area contributed by atoms with Crippen molar-refractivity contribution < 1.29 is 44.5 Å². The van der Waals surface area contributed by atoms with E-state index in [0.717, 1.165) is 0 Å². The zero-order valence-corrected chi connectivity index (χ0v) is 4.05. The average Bonchev–Trinajstić information content (AvgIpc) is 1.65. The summed E-state index contributed by atoms with van der Waals surface area (Å²) in [6.07, 6.45) is 0. The Labute approximate surface area is 57.2 Å². The second kappa shape index (κ2) is 4.62. The van der Waals surface area contributed by atoms with Crippen molar-refractivity contribution in [1.29, 1.82) is 0 Å². The van der Waals surface area contributed by atoms with Crippen LogP contribution in [0.1, 0.15) is 1.43 Å². The molecule has 0 spiro atoms. The average molecular weight is 116 g/mol. The van der Waals surface area contributed by atoms with Crippen LogP contribution < -0.4 is 18.9 Å². The van der Waals surface area contributed by atoms with E-state index in [1.807, 2.05) is 0 Å². The van der Waals surface area contributed by atoms with Crippen molar-refractivity contribution in [2.75, 3.05) is 0 Å². The summed E-state index contributed by atoms with van der Waals surface area (Å²) in [7, 11) is 0. The summed E-state index contributed by atoms with van der Waals surface area (Å²) in [6, 6.07) is 0. The third-order valence-corrected chi connectivity index (χ3v) is 0.245. The van der Waals surface area contributed by atoms with E-state index in [0.29, 0.717) is 0 Å². The molecule has 6 heteroatoms. The van der Waals surface area contributed by atoms with Gasteiger partial charge in [0.25, 0.3) is 0 Å². The fraction of sp³-hybridized carbons (Fsp3) is 0. The Morgan fingerprint density at radius 1 is 1.62 bits per heavy atom. The maximum Gasteiger partial charge on any atom is 1.00 e. The van der Waals surface area contributed by atoms with Crippen LogP contribution in [0, 0.1) is 0 Å². The molecule has 0 saturated carbocycles. The van der Waals surface area contributed by atoms with Gasteiger partial charge >= 0.3 is 30.8 Å². The van der Waals surface area contributed by atoms with Gasteiger partial charge in [0.15, 0.2) is 0 Å². The number of aliphatic carboxylic acids is 1. The summed E-state index contributed by atoms with van der Waals surface area (Å²) >= 11 is 0. The van der Waals surface area contributed by atoms with Gasteiger partial charge in [-0.05, 0) is 0 Å². The molecule has 0 heterocycles. The smallest absolute Gasteiger partial charge is 1.00 e. The number of carbonyl (C=O) groups excluding carboxylic acids is 1. The van der Waals surface area contributed by atoms with E-state index in [1.165, 1.54) is 0 Å². The zero-order valence-electron chi connectivity index (χ0n) is 5.05. The molecule has 0 atom stereocenters. The van der Waals surface area contributed by atoms with Gasteiger partial charge in [-0.2, -0.15) is 0 Å². The molecule has 0 fully saturated rings. The van der Waals surface area contributed by atoms with Crippen LogP contribution in [0.3, 0.4) is 0 Å². The summed E-state index contributed by atoms with van der Waals surface area (Å²) < 4.78 is 10.4. The second-order valence-electron chi connectivity index (χ2n) is 0.670. The third-order valence-electron chi connectivity index (χ3n) is 0.245. The normalized spacial score (nSPS) is 6.62. The van der Waals surface area contributed by atoms with Crippen molar-refractivity contribution in [1.82, 2.24) is 0 Å². The number of hydrogen-bond donors (Lipinski definition) is 1. The Balaban J connectivity index is -0.000000180. The van der Waals surface area contributed by atoms with Crippen molar-refractivity contribution in [3.05, 3.63) is 0 Å². The van der Waals surface area contributed by atoms with Gasteiger partial charge in [-0.15, -0.1) is 0 Å². The molecule has 8 heavy (non-hydrogen) atoms. The van der Waals surface area contributed by atoms with Gasteiger partial charge in [-0.3, -0.25) is 0 Å². The van der Waals surface area contributed by atoms with Gasteiger partial charge in [-0.1, -0.05) is 0 Å². The van der Waals surface area contributed by atoms with E-state index in [4.69, 9.17) is 5.11 Å². The van der Waals surface area contributed by atoms with Crippen LogP contribution in [0.2, 0.25) is 0 Å². The number of carboxylic acids is 1. The van der Waals surface area contributed by atoms with Crippen LogP contribution in [0.4, 0.5) is 4.53 Å². The van der Waals surface area contributed by atoms with Crippen molar-refractivity contribution in [2.24, 2.45) is 0 Å². The molecule has 4 nitrogen and oxygen atoms in total. The van der Waals surface area contributed by atoms with Crippen LogP contribution in [0.15, 0.2) is 0 Å². The standard InChI is InChI=1S/C2HFO4.Li.H/c3-7-2(6)1(4)5;;/h(H,4,5);;/q;+1;-1. The quantitative estimate of drug-likeness (QED) is 0.265. The maximum atomic E-state index is 10.4. The number of carboxylic acid groups (broad SMARTS) is 1. The van der Waals surface area contributed by atoms with Crippen LogP contribution in [-0.2, 0) is 14.5 Å². The van der Waals surface area contributed by atoms with Gasteiger partial charge < -0.3 is 6.53 Å². The summed E-state index contributed by atoms with van der Waals surface area (Å²) in [5.74, 6) is -3.84. The third kappa shape index (κ3) is 3.65. The molecule has 0 aromatic heterocycles. The van der Waals surface area contributed by atoms with Crippen LogP contribution >= 0.6 is 0 Å². The zero-order chi connectivity index (χ0) is 5.86. The Morgan fingerprint density at radius 3 is 2.00 bits per heavy atom. The van der Waals surface area contributed by atoms with Crippen molar-refractivity contribution >= 4 is 11.9 Å². The van der Waals surface area contributed by atoms with Gasteiger partial charge in [0.05, 0.1) is 0 Å². The molecule has 0 saturated heterocycles. The van der Waals surface area contributed by atoms with Gasteiger partial charge in [-0.25, -0.2) is 14.5 Å². The van der Waals surface area contributed by atoms with Gasteiger partial charge in [0.1, 0.15) is 0 Å². The van der Waals surface area contributed by atoms with Crippen LogP contribution in [-0.4, -0.2) is 17.0 Å². The second-order valence-corrected chi connectivity index (χ2v) is 0.670. The van der Waals surface area contributed by atoms with Crippen molar-refractivity contribution in [2.45, 2.75) is 0 Å². The number of rotatable bonds is 0. The molecule has 1 N–H and O–H groups in total. The molecule has 0 aliphatic carbocycles. The predicted octanol–water partition coefficient (Wildman–Crippen LogP) is -3.38. The maximum absolute atomic E-state index is 10.4.